The molecule has 0 aliphatic heterocycles. The second-order valence-corrected chi connectivity index (χ2v) is 5.78. The number of nitrogens with zero attached hydrogens (tertiary/aromatic N) is 4. The fourth-order valence-electron chi connectivity index (χ4n) is 2.11. The maximum atomic E-state index is 5.43. The lowest BCUT2D eigenvalue weighted by Crippen LogP contribution is -2.82. The summed E-state index contributed by atoms with van der Waals surface area (Å²) in [5.41, 5.74) is 1.15. The molecule has 0 bridgehead atoms. The van der Waals surface area contributed by atoms with E-state index >= 15 is 0 Å². The Morgan fingerprint density at radius 2 is 2.14 bits per heavy atom. The van der Waals surface area contributed by atoms with Gasteiger partial charge < -0.3 is 14.8 Å². The number of hydrogen-bond donors (Lipinski definition) is 1. The molecule has 0 fully saturated rings. The standard InChI is InChI=1S/C14H21N5O2S/c1-19-14(16-17-18-19)22-9-5-8-15-10-11-6-4-7-12(20-2)13(11)21-3/h4,6-7,15H,5,8-10H2,1-3H3/p+1. The number of rotatable bonds is 9. The average molecular weight is 324 g/mol. The highest BCUT2D eigenvalue weighted by Crippen LogP contribution is 2.29. The molecule has 0 aliphatic carbocycles. The summed E-state index contributed by atoms with van der Waals surface area (Å²) >= 11 is 1.68. The Morgan fingerprint density at radius 3 is 2.82 bits per heavy atom. The molecule has 0 spiro atoms. The Morgan fingerprint density at radius 1 is 1.27 bits per heavy atom. The summed E-state index contributed by atoms with van der Waals surface area (Å²) in [6.45, 7) is 1.91. The van der Waals surface area contributed by atoms with Crippen molar-refractivity contribution in [2.45, 2.75) is 18.1 Å². The molecule has 0 aliphatic rings. The summed E-state index contributed by atoms with van der Waals surface area (Å²) in [6, 6.07) is 5.97. The van der Waals surface area contributed by atoms with Gasteiger partial charge >= 0.3 is 0 Å². The molecule has 0 radical (unpaired) electrons. The first-order valence-corrected chi connectivity index (χ1v) is 8.11. The maximum Gasteiger partial charge on any atom is 0.209 e. The van der Waals surface area contributed by atoms with Crippen LogP contribution in [0.5, 0.6) is 11.5 Å². The largest absolute Gasteiger partial charge is 0.493 e. The van der Waals surface area contributed by atoms with Crippen molar-refractivity contribution in [3.05, 3.63) is 23.8 Å². The van der Waals surface area contributed by atoms with Crippen LogP contribution in [-0.4, -0.2) is 46.7 Å². The number of benzene rings is 1. The Kier molecular flexibility index (Phi) is 6.47. The first-order valence-electron chi connectivity index (χ1n) is 7.13. The van der Waals surface area contributed by atoms with E-state index in [0.717, 1.165) is 47.5 Å². The lowest BCUT2D eigenvalue weighted by molar-refractivity contribution is -0.670. The Labute approximate surface area is 134 Å². The van der Waals surface area contributed by atoms with Crippen molar-refractivity contribution in [2.75, 3.05) is 26.5 Å². The van der Waals surface area contributed by atoms with Crippen molar-refractivity contribution in [1.82, 2.24) is 20.2 Å². The highest BCUT2D eigenvalue weighted by molar-refractivity contribution is 7.99. The van der Waals surface area contributed by atoms with Crippen LogP contribution in [0.25, 0.3) is 0 Å². The van der Waals surface area contributed by atoms with Crippen LogP contribution in [0.2, 0.25) is 0 Å². The fourth-order valence-corrected chi connectivity index (χ4v) is 2.92. The van der Waals surface area contributed by atoms with E-state index < -0.39 is 0 Å². The zero-order chi connectivity index (χ0) is 15.8. The number of methoxy groups -OCH3 is 2. The van der Waals surface area contributed by atoms with Crippen LogP contribution in [0, 0.1) is 0 Å². The predicted octanol–water partition coefficient (Wildman–Crippen LogP) is 0.473. The van der Waals surface area contributed by atoms with Crippen molar-refractivity contribution in [3.8, 4) is 11.5 Å². The highest BCUT2D eigenvalue weighted by atomic mass is 32.2. The first kappa shape index (κ1) is 16.6. The van der Waals surface area contributed by atoms with Gasteiger partial charge in [0.05, 0.1) is 26.3 Å². The van der Waals surface area contributed by atoms with Crippen LogP contribution in [0.4, 0.5) is 0 Å². The summed E-state index contributed by atoms with van der Waals surface area (Å²) in [4.78, 5) is 0. The van der Waals surface area contributed by atoms with E-state index in [-0.39, 0.29) is 0 Å². The zero-order valence-electron chi connectivity index (χ0n) is 13.2. The predicted molar refractivity (Wildman–Crippen MR) is 84.2 cm³/mol. The third-order valence-electron chi connectivity index (χ3n) is 3.21. The molecular formula is C14H22N5O2S+. The number of aryl methyl sites for hydroxylation is 1. The second-order valence-electron chi connectivity index (χ2n) is 4.72. The maximum absolute atomic E-state index is 5.43. The Bertz CT molecular complexity index is 590. The number of quaternary nitrogens is 1. The van der Waals surface area contributed by atoms with Crippen LogP contribution in [0.15, 0.2) is 23.4 Å². The highest BCUT2D eigenvalue weighted by Gasteiger charge is 2.10. The Hall–Kier alpha value is -1.80. The van der Waals surface area contributed by atoms with Crippen molar-refractivity contribution in [3.63, 3.8) is 0 Å². The molecule has 1 aromatic carbocycles. The smallest absolute Gasteiger partial charge is 0.209 e. The molecule has 0 saturated carbocycles. The number of tetrazole rings is 1. The van der Waals surface area contributed by atoms with Gasteiger partial charge in [0.15, 0.2) is 11.5 Å². The third-order valence-corrected chi connectivity index (χ3v) is 4.31. The van der Waals surface area contributed by atoms with Crippen molar-refractivity contribution in [2.24, 2.45) is 7.05 Å². The number of nitrogens with two attached hydrogens (primary N) is 1. The van der Waals surface area contributed by atoms with E-state index in [2.05, 4.69) is 26.9 Å². The van der Waals surface area contributed by atoms with E-state index in [1.165, 1.54) is 0 Å². The summed E-state index contributed by atoms with van der Waals surface area (Å²) in [6.07, 6.45) is 1.09. The molecule has 2 N–H and O–H groups in total. The number of para-hydroxylation sites is 1. The topological polar surface area (TPSA) is 78.7 Å². The number of hydrogen-bond acceptors (Lipinski definition) is 6. The second kappa shape index (κ2) is 8.60. The van der Waals surface area contributed by atoms with Gasteiger partial charge in [0.1, 0.15) is 6.54 Å². The molecule has 7 nitrogen and oxygen atoms in total. The van der Waals surface area contributed by atoms with Gasteiger partial charge in [-0.05, 0) is 22.6 Å². The quantitative estimate of drug-likeness (QED) is 0.534. The monoisotopic (exact) mass is 324 g/mol. The Balaban J connectivity index is 1.72. The molecule has 0 amide bonds. The molecule has 120 valence electrons. The summed E-state index contributed by atoms with van der Waals surface area (Å²) in [5, 5.41) is 14.5. The van der Waals surface area contributed by atoms with Gasteiger partial charge in [-0.2, -0.15) is 0 Å². The van der Waals surface area contributed by atoms with Crippen LogP contribution >= 0.6 is 11.8 Å². The van der Waals surface area contributed by atoms with E-state index in [9.17, 15) is 0 Å². The molecule has 2 rings (SSSR count). The number of thioether (sulfide) groups is 1. The van der Waals surface area contributed by atoms with Crippen LogP contribution in [-0.2, 0) is 13.6 Å². The molecule has 1 heterocycles. The summed E-state index contributed by atoms with van der Waals surface area (Å²) in [7, 11) is 5.18. The van der Waals surface area contributed by atoms with Crippen molar-refractivity contribution in [1.29, 1.82) is 0 Å². The van der Waals surface area contributed by atoms with Crippen LogP contribution in [0.3, 0.4) is 0 Å². The van der Waals surface area contributed by atoms with E-state index in [4.69, 9.17) is 9.47 Å². The molecule has 2 aromatic rings. The first-order chi connectivity index (χ1) is 10.8. The minimum atomic E-state index is 0.777. The molecule has 0 atom stereocenters. The molecule has 0 saturated heterocycles. The normalized spacial score (nSPS) is 10.7. The zero-order valence-corrected chi connectivity index (χ0v) is 14.0. The van der Waals surface area contributed by atoms with Crippen molar-refractivity contribution < 1.29 is 14.8 Å². The van der Waals surface area contributed by atoms with E-state index in [0.29, 0.717) is 0 Å². The van der Waals surface area contributed by atoms with Gasteiger partial charge in [0.2, 0.25) is 5.16 Å². The number of aromatic nitrogens is 4. The van der Waals surface area contributed by atoms with Crippen molar-refractivity contribution >= 4 is 11.8 Å². The van der Waals surface area contributed by atoms with Gasteiger partial charge in [0.25, 0.3) is 0 Å². The summed E-state index contributed by atoms with van der Waals surface area (Å²) < 4.78 is 12.4. The molecule has 8 heteroatoms. The minimum Gasteiger partial charge on any atom is -0.493 e. The van der Waals surface area contributed by atoms with Crippen LogP contribution < -0.4 is 14.8 Å². The fraction of sp³-hybridized carbons (Fsp3) is 0.500. The third kappa shape index (κ3) is 4.35. The molecular weight excluding hydrogens is 302 g/mol. The minimum absolute atomic E-state index is 0.777. The molecule has 0 unspecified atom stereocenters. The van der Waals surface area contributed by atoms with Gasteiger partial charge in [-0.25, -0.2) is 4.68 Å². The summed E-state index contributed by atoms with van der Waals surface area (Å²) in [5.74, 6) is 2.60. The average Bonchev–Trinajstić information content (AvgIpc) is 2.95. The van der Waals surface area contributed by atoms with Gasteiger partial charge in [-0.3, -0.25) is 0 Å². The lowest BCUT2D eigenvalue weighted by atomic mass is 10.2. The molecule has 1 aromatic heterocycles. The van der Waals surface area contributed by atoms with Gasteiger partial charge in [-0.1, -0.05) is 17.8 Å². The van der Waals surface area contributed by atoms with Crippen LogP contribution in [0.1, 0.15) is 12.0 Å². The SMILES string of the molecule is COc1cccc(C[NH2+]CCCSc2nnnn2C)c1OC. The van der Waals surface area contributed by atoms with Gasteiger partial charge in [0, 0.05) is 19.2 Å². The van der Waals surface area contributed by atoms with E-state index in [1.54, 1.807) is 30.7 Å². The lowest BCUT2D eigenvalue weighted by Gasteiger charge is -2.11. The van der Waals surface area contributed by atoms with E-state index in [1.807, 2.05) is 19.2 Å². The molecule has 22 heavy (non-hydrogen) atoms. The van der Waals surface area contributed by atoms with Gasteiger partial charge in [-0.15, -0.1) is 5.10 Å². The number of ether oxygens (including phenoxy) is 2.